The van der Waals surface area contributed by atoms with Gasteiger partial charge in [0.15, 0.2) is 0 Å². The lowest BCUT2D eigenvalue weighted by Gasteiger charge is -2.33. The normalized spacial score (nSPS) is 23.6. The quantitative estimate of drug-likeness (QED) is 0.581. The third kappa shape index (κ3) is 4.17. The first-order chi connectivity index (χ1) is 11.8. The second kappa shape index (κ2) is 7.23. The van der Waals surface area contributed by atoms with Gasteiger partial charge in [0.1, 0.15) is 0 Å². The van der Waals surface area contributed by atoms with E-state index in [0.717, 1.165) is 44.4 Å². The zero-order chi connectivity index (χ0) is 18.1. The van der Waals surface area contributed by atoms with Gasteiger partial charge in [0.25, 0.3) is 7.41 Å². The van der Waals surface area contributed by atoms with Gasteiger partial charge in [0.05, 0.1) is 17.4 Å². The second-order valence-electron chi connectivity index (χ2n) is 8.07. The molecule has 2 saturated heterocycles. The summed E-state index contributed by atoms with van der Waals surface area (Å²) >= 11 is 0. The third-order valence-electron chi connectivity index (χ3n) is 5.71. The minimum Gasteiger partial charge on any atom is -0.399 e. The van der Waals surface area contributed by atoms with E-state index < -0.39 is 0 Å². The summed E-state index contributed by atoms with van der Waals surface area (Å²) in [5.74, 6) is 0. The first kappa shape index (κ1) is 18.6. The molecule has 0 radical (unpaired) electrons. The Kier molecular flexibility index (Phi) is 5.39. The molecule has 1 aromatic rings. The average molecular weight is 342 g/mol. The number of benzene rings is 1. The second-order valence-corrected chi connectivity index (χ2v) is 8.07. The van der Waals surface area contributed by atoms with Crippen LogP contribution < -0.4 is 5.46 Å². The number of hydrogen-bond donors (Lipinski definition) is 0. The van der Waals surface area contributed by atoms with Crippen LogP contribution in [0.15, 0.2) is 24.3 Å². The zero-order valence-corrected chi connectivity index (χ0v) is 15.8. The fourth-order valence-electron chi connectivity index (χ4n) is 3.25. The molecule has 7 heteroatoms. The molecule has 2 heterocycles. The zero-order valence-electron chi connectivity index (χ0n) is 15.8. The van der Waals surface area contributed by atoms with Crippen LogP contribution in [-0.2, 0) is 20.6 Å². The Bertz CT molecular complexity index is 583. The van der Waals surface area contributed by atoms with Crippen LogP contribution in [0.5, 0.6) is 0 Å². The summed E-state index contributed by atoms with van der Waals surface area (Å²) in [7, 11) is 0.252. The van der Waals surface area contributed by atoms with Crippen LogP contribution >= 0.6 is 0 Å². The summed E-state index contributed by atoms with van der Waals surface area (Å²) in [6.07, 6.45) is 0.990. The molecule has 0 spiro atoms. The highest BCUT2D eigenvalue weighted by Crippen LogP contribution is 2.36. The molecule has 2 aliphatic rings. The summed E-state index contributed by atoms with van der Waals surface area (Å²) in [6, 6.07) is 8.55. The topological polar surface area (TPSA) is 42.0 Å². The fourth-order valence-corrected chi connectivity index (χ4v) is 3.25. The lowest BCUT2D eigenvalue weighted by Crippen LogP contribution is -2.47. The summed E-state index contributed by atoms with van der Waals surface area (Å²) < 4.78 is 12.2. The van der Waals surface area contributed by atoms with E-state index in [9.17, 15) is 4.79 Å². The minimum absolute atomic E-state index is 0.300. The molecule has 0 atom stereocenters. The predicted molar refractivity (Wildman–Crippen MR) is 103 cm³/mol. The molecule has 25 heavy (non-hydrogen) atoms. The van der Waals surface area contributed by atoms with Gasteiger partial charge in [-0.15, -0.1) is 0 Å². The molecule has 0 aliphatic carbocycles. The van der Waals surface area contributed by atoms with E-state index in [4.69, 9.17) is 9.31 Å². The van der Waals surface area contributed by atoms with Crippen LogP contribution in [0.2, 0.25) is 0 Å². The summed E-state index contributed by atoms with van der Waals surface area (Å²) in [5, 5.41) is 0. The molecule has 0 saturated carbocycles. The summed E-state index contributed by atoms with van der Waals surface area (Å²) in [6.45, 7) is 13.2. The Morgan fingerprint density at radius 2 is 1.60 bits per heavy atom. The van der Waals surface area contributed by atoms with E-state index in [0.29, 0.717) is 7.41 Å². The van der Waals surface area contributed by atoms with Crippen molar-refractivity contribution < 1.29 is 14.1 Å². The molecule has 0 amide bonds. The van der Waals surface area contributed by atoms with Gasteiger partial charge in [0, 0.05) is 32.7 Å². The monoisotopic (exact) mass is 342 g/mol. The standard InChI is InChI=1S/C18H28B2N2O3/c1-17(2)18(3,4)25-20(24-17)16-7-5-15(6-8-16)13-21-9-11-22(12-10-21)19-14-23/h5-8,14,19H,9-13H2,1-4H3. The van der Waals surface area contributed by atoms with Gasteiger partial charge < -0.3 is 18.9 Å². The SMILES string of the molecule is CC1(C)OB(c2ccc(CN3CCN(BC=O)CC3)cc2)OC1(C)C. The van der Waals surface area contributed by atoms with Crippen molar-refractivity contribution in [1.29, 1.82) is 0 Å². The Hall–Kier alpha value is -1.14. The van der Waals surface area contributed by atoms with Gasteiger partial charge in [-0.3, -0.25) is 4.90 Å². The number of rotatable bonds is 5. The van der Waals surface area contributed by atoms with Crippen molar-refractivity contribution in [2.45, 2.75) is 45.4 Å². The Morgan fingerprint density at radius 3 is 2.12 bits per heavy atom. The van der Waals surface area contributed by atoms with Gasteiger partial charge in [-0.05, 0) is 38.7 Å². The molecule has 0 aromatic heterocycles. The van der Waals surface area contributed by atoms with E-state index in [-0.39, 0.29) is 18.3 Å². The first-order valence-corrected chi connectivity index (χ1v) is 9.13. The molecule has 3 rings (SSSR count). The van der Waals surface area contributed by atoms with Crippen molar-refractivity contribution in [3.63, 3.8) is 0 Å². The van der Waals surface area contributed by atoms with Gasteiger partial charge in [-0.1, -0.05) is 24.3 Å². The van der Waals surface area contributed by atoms with Crippen molar-refractivity contribution in [3.05, 3.63) is 29.8 Å². The molecule has 134 valence electrons. The first-order valence-electron chi connectivity index (χ1n) is 9.13. The van der Waals surface area contributed by atoms with Gasteiger partial charge in [-0.25, -0.2) is 0 Å². The lowest BCUT2D eigenvalue weighted by molar-refractivity contribution is 0.00578. The molecule has 5 nitrogen and oxygen atoms in total. The van der Waals surface area contributed by atoms with Crippen LogP contribution in [0.25, 0.3) is 0 Å². The van der Waals surface area contributed by atoms with Crippen molar-refractivity contribution in [2.75, 3.05) is 26.2 Å². The van der Waals surface area contributed by atoms with Crippen LogP contribution in [0.3, 0.4) is 0 Å². The number of piperazine rings is 1. The van der Waals surface area contributed by atoms with Crippen LogP contribution in [0, 0.1) is 0 Å². The van der Waals surface area contributed by atoms with E-state index in [1.165, 1.54) is 5.56 Å². The van der Waals surface area contributed by atoms with Crippen molar-refractivity contribution >= 4 is 26.2 Å². The van der Waals surface area contributed by atoms with Crippen LogP contribution in [-0.4, -0.2) is 67.8 Å². The van der Waals surface area contributed by atoms with E-state index in [2.05, 4.69) is 61.7 Å². The molecule has 2 fully saturated rings. The van der Waals surface area contributed by atoms with E-state index in [1.807, 2.05) is 0 Å². The maximum atomic E-state index is 10.6. The van der Waals surface area contributed by atoms with Crippen molar-refractivity contribution in [1.82, 2.24) is 9.71 Å². The smallest absolute Gasteiger partial charge is 0.399 e. The number of carbonyl (C=O) groups is 1. The van der Waals surface area contributed by atoms with Gasteiger partial charge >= 0.3 is 7.12 Å². The molecule has 0 N–H and O–H groups in total. The highest BCUT2D eigenvalue weighted by molar-refractivity contribution is 6.64. The largest absolute Gasteiger partial charge is 0.494 e. The predicted octanol–water partition coefficient (Wildman–Crippen LogP) is 0.645. The fraction of sp³-hybridized carbons (Fsp3) is 0.611. The Morgan fingerprint density at radius 1 is 1.04 bits per heavy atom. The minimum atomic E-state index is -0.308. The van der Waals surface area contributed by atoms with Crippen LogP contribution in [0.1, 0.15) is 33.3 Å². The maximum absolute atomic E-state index is 10.6. The van der Waals surface area contributed by atoms with Crippen molar-refractivity contribution in [3.8, 4) is 0 Å². The summed E-state index contributed by atoms with van der Waals surface area (Å²) in [5.41, 5.74) is 1.75. The highest BCUT2D eigenvalue weighted by atomic mass is 16.7. The number of hydrogen-bond acceptors (Lipinski definition) is 5. The molecule has 2 aliphatic heterocycles. The highest BCUT2D eigenvalue weighted by Gasteiger charge is 2.51. The van der Waals surface area contributed by atoms with E-state index in [1.54, 1.807) is 0 Å². The molecule has 0 bridgehead atoms. The van der Waals surface area contributed by atoms with Crippen molar-refractivity contribution in [2.24, 2.45) is 0 Å². The summed E-state index contributed by atoms with van der Waals surface area (Å²) in [4.78, 5) is 15.2. The van der Waals surface area contributed by atoms with Crippen LogP contribution in [0.4, 0.5) is 0 Å². The number of carbonyl (C=O) groups excluding carboxylic acids is 1. The Labute approximate surface area is 152 Å². The average Bonchev–Trinajstić information content (AvgIpc) is 2.78. The lowest BCUT2D eigenvalue weighted by atomic mass is 9.79. The maximum Gasteiger partial charge on any atom is 0.494 e. The third-order valence-corrected chi connectivity index (χ3v) is 5.71. The van der Waals surface area contributed by atoms with E-state index >= 15 is 0 Å². The molecular formula is C18H28B2N2O3. The van der Waals surface area contributed by atoms with Gasteiger partial charge in [-0.2, -0.15) is 0 Å². The molecule has 0 unspecified atom stereocenters. The van der Waals surface area contributed by atoms with Gasteiger partial charge in [0.2, 0.25) is 0 Å². The molecule has 1 aromatic carbocycles. The Balaban J connectivity index is 1.56. The molecular weight excluding hydrogens is 314 g/mol. The number of nitrogens with zero attached hydrogens (tertiary/aromatic N) is 2.